The molecular formula is C32H32FN5O3. The number of ether oxygens (including phenoxy) is 1. The number of fused-ring (bicyclic) bond motifs is 1. The molecule has 1 aliphatic rings. The van der Waals surface area contributed by atoms with Crippen LogP contribution < -0.4 is 15.4 Å². The molecule has 4 aromatic rings. The smallest absolute Gasteiger partial charge is 0.273 e. The molecule has 8 nitrogen and oxygen atoms in total. The molecule has 210 valence electrons. The summed E-state index contributed by atoms with van der Waals surface area (Å²) < 4.78 is 21.8. The molecule has 1 heterocycles. The largest absolute Gasteiger partial charge is 0.497 e. The summed E-state index contributed by atoms with van der Waals surface area (Å²) in [4.78, 5) is 27.4. The maximum Gasteiger partial charge on any atom is 0.273 e. The third-order valence-corrected chi connectivity index (χ3v) is 7.49. The molecule has 0 aliphatic heterocycles. The fraction of sp³-hybridized carbons (Fsp3) is 0.312. The number of nitriles is 1. The third-order valence-electron chi connectivity index (χ3n) is 7.49. The van der Waals surface area contributed by atoms with E-state index in [-0.39, 0.29) is 23.7 Å². The number of benzene rings is 3. The number of halogens is 1. The van der Waals surface area contributed by atoms with Gasteiger partial charge in [0.15, 0.2) is 5.69 Å². The van der Waals surface area contributed by atoms with Crippen molar-refractivity contribution in [2.75, 3.05) is 7.11 Å². The standard InChI is InChI=1S/C32H32FN5O3/c1-31(2,3)28(30(40)36-32(15-16-32)22-7-5-8-23(17-22)41-4)35-29(39)26-24-9-6-10-25(33)27(24)38(37-26)19-21-13-11-20(18-34)12-14-21/h5-14,17,28H,15-16,19H2,1-4H3,(H,35,39)(H,36,40)/t28-/m1/s1. The predicted molar refractivity (Wildman–Crippen MR) is 153 cm³/mol. The Morgan fingerprint density at radius 1 is 1.12 bits per heavy atom. The van der Waals surface area contributed by atoms with Gasteiger partial charge in [-0.3, -0.25) is 14.3 Å². The summed E-state index contributed by atoms with van der Waals surface area (Å²) in [6.45, 7) is 5.83. The highest BCUT2D eigenvalue weighted by atomic mass is 19.1. The maximum absolute atomic E-state index is 15.0. The van der Waals surface area contributed by atoms with Crippen molar-refractivity contribution in [2.24, 2.45) is 5.41 Å². The second kappa shape index (κ2) is 10.7. The third kappa shape index (κ3) is 5.64. The molecule has 1 atom stereocenters. The van der Waals surface area contributed by atoms with E-state index >= 15 is 4.39 Å². The Hall–Kier alpha value is -4.71. The summed E-state index contributed by atoms with van der Waals surface area (Å²) in [5, 5.41) is 20.0. The van der Waals surface area contributed by atoms with Crippen LogP contribution in [-0.2, 0) is 16.9 Å². The van der Waals surface area contributed by atoms with Crippen LogP contribution in [0.1, 0.15) is 60.8 Å². The number of hydrogen-bond donors (Lipinski definition) is 2. The number of rotatable bonds is 8. The van der Waals surface area contributed by atoms with Gasteiger partial charge in [0.25, 0.3) is 5.91 Å². The van der Waals surface area contributed by atoms with Crippen molar-refractivity contribution in [1.29, 1.82) is 5.26 Å². The first-order chi connectivity index (χ1) is 19.5. The van der Waals surface area contributed by atoms with Crippen LogP contribution in [-0.4, -0.2) is 34.7 Å². The molecule has 0 spiro atoms. The van der Waals surface area contributed by atoms with Crippen LogP contribution in [0.4, 0.5) is 4.39 Å². The van der Waals surface area contributed by atoms with E-state index in [1.807, 2.05) is 45.0 Å². The van der Waals surface area contributed by atoms with Crippen molar-refractivity contribution in [2.45, 2.75) is 51.7 Å². The van der Waals surface area contributed by atoms with Crippen LogP contribution >= 0.6 is 0 Å². The zero-order valence-electron chi connectivity index (χ0n) is 23.5. The van der Waals surface area contributed by atoms with Crippen molar-refractivity contribution >= 4 is 22.7 Å². The summed E-state index contributed by atoms with van der Waals surface area (Å²) >= 11 is 0. The number of carbonyl (C=O) groups excluding carboxylic acids is 2. The summed E-state index contributed by atoms with van der Waals surface area (Å²) in [5.74, 6) is -0.680. The van der Waals surface area contributed by atoms with E-state index < -0.39 is 28.7 Å². The second-order valence-electron chi connectivity index (χ2n) is 11.5. The number of nitrogens with one attached hydrogen (secondary N) is 2. The van der Waals surface area contributed by atoms with Gasteiger partial charge < -0.3 is 15.4 Å². The Labute approximate surface area is 238 Å². The molecule has 0 bridgehead atoms. The molecule has 0 saturated heterocycles. The average Bonchev–Trinajstić information content (AvgIpc) is 3.64. The Balaban J connectivity index is 1.42. The first kappa shape index (κ1) is 27.8. The number of para-hydroxylation sites is 1. The Morgan fingerprint density at radius 3 is 2.46 bits per heavy atom. The van der Waals surface area contributed by atoms with Gasteiger partial charge in [-0.05, 0) is 59.7 Å². The number of hydrogen-bond acceptors (Lipinski definition) is 5. The van der Waals surface area contributed by atoms with E-state index in [2.05, 4.69) is 21.8 Å². The normalized spacial score (nSPS) is 14.6. The van der Waals surface area contributed by atoms with Gasteiger partial charge in [-0.25, -0.2) is 4.39 Å². The molecular weight excluding hydrogens is 521 g/mol. The Kier molecular flexibility index (Phi) is 7.26. The highest BCUT2D eigenvalue weighted by Gasteiger charge is 2.48. The van der Waals surface area contributed by atoms with Gasteiger partial charge >= 0.3 is 0 Å². The molecule has 1 aliphatic carbocycles. The molecule has 5 rings (SSSR count). The maximum atomic E-state index is 15.0. The van der Waals surface area contributed by atoms with E-state index in [1.165, 1.54) is 16.8 Å². The lowest BCUT2D eigenvalue weighted by molar-refractivity contribution is -0.126. The fourth-order valence-corrected chi connectivity index (χ4v) is 5.05. The summed E-state index contributed by atoms with van der Waals surface area (Å²) in [5.41, 5.74) is 1.33. The quantitative estimate of drug-likeness (QED) is 0.317. The minimum atomic E-state index is -0.884. The minimum absolute atomic E-state index is 0.0316. The molecule has 1 saturated carbocycles. The highest BCUT2D eigenvalue weighted by Crippen LogP contribution is 2.46. The molecule has 0 unspecified atom stereocenters. The molecule has 0 radical (unpaired) electrons. The molecule has 3 aromatic carbocycles. The highest BCUT2D eigenvalue weighted by molar-refractivity contribution is 6.06. The lowest BCUT2D eigenvalue weighted by Crippen LogP contribution is -2.55. The summed E-state index contributed by atoms with van der Waals surface area (Å²) in [7, 11) is 1.60. The van der Waals surface area contributed by atoms with Crippen molar-refractivity contribution in [3.8, 4) is 11.8 Å². The lowest BCUT2D eigenvalue weighted by Gasteiger charge is -2.32. The van der Waals surface area contributed by atoms with E-state index in [9.17, 15) is 9.59 Å². The lowest BCUT2D eigenvalue weighted by atomic mass is 9.85. The number of carbonyl (C=O) groups is 2. The molecule has 9 heteroatoms. The zero-order chi connectivity index (χ0) is 29.4. The van der Waals surface area contributed by atoms with E-state index in [0.717, 1.165) is 24.0 Å². The number of methoxy groups -OCH3 is 1. The topological polar surface area (TPSA) is 109 Å². The van der Waals surface area contributed by atoms with Crippen molar-refractivity contribution in [1.82, 2.24) is 20.4 Å². The van der Waals surface area contributed by atoms with Gasteiger partial charge in [0.1, 0.15) is 23.1 Å². The number of aromatic nitrogens is 2. The zero-order valence-corrected chi connectivity index (χ0v) is 23.5. The van der Waals surface area contributed by atoms with E-state index in [4.69, 9.17) is 10.00 Å². The molecule has 1 fully saturated rings. The van der Waals surface area contributed by atoms with Crippen molar-refractivity contribution in [3.05, 3.63) is 94.9 Å². The SMILES string of the molecule is COc1cccc(C2(NC(=O)[C@@H](NC(=O)c3nn(Cc4ccc(C#N)cc4)c4c(F)cccc34)C(C)(C)C)CC2)c1. The molecule has 1 aromatic heterocycles. The van der Waals surface area contributed by atoms with Crippen LogP contribution in [0.3, 0.4) is 0 Å². The van der Waals surface area contributed by atoms with Crippen LogP contribution in [0.25, 0.3) is 10.9 Å². The average molecular weight is 554 g/mol. The molecule has 41 heavy (non-hydrogen) atoms. The van der Waals surface area contributed by atoms with Crippen molar-refractivity contribution < 1.29 is 18.7 Å². The van der Waals surface area contributed by atoms with Crippen LogP contribution in [0.2, 0.25) is 0 Å². The summed E-state index contributed by atoms with van der Waals surface area (Å²) in [6, 6.07) is 20.2. The van der Waals surface area contributed by atoms with Gasteiger partial charge in [0.05, 0.1) is 30.8 Å². The summed E-state index contributed by atoms with van der Waals surface area (Å²) in [6.07, 6.45) is 1.56. The first-order valence-electron chi connectivity index (χ1n) is 13.5. The van der Waals surface area contributed by atoms with Gasteiger partial charge in [0, 0.05) is 5.39 Å². The van der Waals surface area contributed by atoms with Gasteiger partial charge in [-0.1, -0.05) is 57.2 Å². The van der Waals surface area contributed by atoms with E-state index in [0.29, 0.717) is 16.7 Å². The predicted octanol–water partition coefficient (Wildman–Crippen LogP) is 5.05. The monoisotopic (exact) mass is 553 g/mol. The molecule has 2 N–H and O–H groups in total. The molecule has 2 amide bonds. The van der Waals surface area contributed by atoms with E-state index in [1.54, 1.807) is 37.4 Å². The second-order valence-corrected chi connectivity index (χ2v) is 11.5. The fourth-order valence-electron chi connectivity index (χ4n) is 5.05. The number of nitrogens with zero attached hydrogens (tertiary/aromatic N) is 3. The Bertz CT molecular complexity index is 1660. The van der Waals surface area contributed by atoms with Crippen molar-refractivity contribution in [3.63, 3.8) is 0 Å². The van der Waals surface area contributed by atoms with Gasteiger partial charge in [-0.15, -0.1) is 0 Å². The van der Waals surface area contributed by atoms with Crippen LogP contribution in [0.5, 0.6) is 5.75 Å². The van der Waals surface area contributed by atoms with Crippen LogP contribution in [0, 0.1) is 22.6 Å². The minimum Gasteiger partial charge on any atom is -0.497 e. The van der Waals surface area contributed by atoms with Gasteiger partial charge in [0.2, 0.25) is 5.91 Å². The Morgan fingerprint density at radius 2 is 1.83 bits per heavy atom. The van der Waals surface area contributed by atoms with Gasteiger partial charge in [-0.2, -0.15) is 10.4 Å². The number of amides is 2. The first-order valence-corrected chi connectivity index (χ1v) is 13.5. The van der Waals surface area contributed by atoms with Crippen LogP contribution in [0.15, 0.2) is 66.7 Å².